The average molecular weight is 527 g/mol. The van der Waals surface area contributed by atoms with Crippen LogP contribution >= 0.6 is 0 Å². The molecule has 3 aromatic carbocycles. The fourth-order valence-corrected chi connectivity index (χ4v) is 4.87. The molecule has 3 rings (SSSR count). The van der Waals surface area contributed by atoms with Crippen molar-refractivity contribution in [2.45, 2.75) is 49.8 Å². The van der Waals surface area contributed by atoms with Crippen LogP contribution in [-0.4, -0.2) is 28.3 Å². The molecule has 0 spiro atoms. The molecule has 0 saturated heterocycles. The summed E-state index contributed by atoms with van der Waals surface area (Å²) in [6, 6.07) is 21.7. The Bertz CT molecular complexity index is 1430. The Morgan fingerprint density at radius 1 is 0.694 bits per heavy atom. The fourth-order valence-electron chi connectivity index (χ4n) is 3.22. The molecule has 0 radical (unpaired) electrons. The van der Waals surface area contributed by atoms with Gasteiger partial charge in [-0.2, -0.15) is 36.7 Å². The van der Waals surface area contributed by atoms with Gasteiger partial charge in [-0.05, 0) is 51.0 Å². The Labute approximate surface area is 213 Å². The summed E-state index contributed by atoms with van der Waals surface area (Å²) in [5.74, 6) is 0. The van der Waals surface area contributed by atoms with E-state index in [0.717, 1.165) is 17.5 Å². The van der Waals surface area contributed by atoms with Gasteiger partial charge in [-0.15, -0.1) is 0 Å². The molecule has 0 fully saturated rings. The molecule has 0 aliphatic heterocycles. The minimum Gasteiger partial charge on any atom is -0.200 e. The number of hydrogen-bond donors (Lipinski definition) is 2. The van der Waals surface area contributed by atoms with Crippen LogP contribution in [0.5, 0.6) is 0 Å². The highest BCUT2D eigenvalue weighted by Crippen LogP contribution is 2.14. The lowest BCUT2D eigenvalue weighted by Crippen LogP contribution is -2.27. The highest BCUT2D eigenvalue weighted by molar-refractivity contribution is 7.89. The van der Waals surface area contributed by atoms with Crippen LogP contribution in [-0.2, 0) is 20.0 Å². The second-order valence-corrected chi connectivity index (χ2v) is 11.6. The molecule has 0 atom stereocenters. The normalized spacial score (nSPS) is 12.9. The van der Waals surface area contributed by atoms with Gasteiger partial charge in [0.15, 0.2) is 0 Å². The number of aryl methyl sites for hydroxylation is 2. The van der Waals surface area contributed by atoms with Gasteiger partial charge in [-0.25, -0.2) is 0 Å². The molecule has 0 aliphatic carbocycles. The summed E-state index contributed by atoms with van der Waals surface area (Å²) in [6.07, 6.45) is 1.90. The SMILES string of the molecule is CCCCC(=N/NS(=O)(=O)c1ccc(C)cc1)/C(=N/NS(=O)(=O)c1ccc(C)cc1)c1ccccc1. The standard InChI is InChI=1S/C26H30N4O4S2/c1-4-5-11-25(27-29-35(31,32)23-16-12-20(2)13-17-23)26(22-9-7-6-8-10-22)28-30-36(33,34)24-18-14-21(3)15-19-24/h6-10,12-19,29-30H,4-5,11H2,1-3H3/b27-25-,28-26+. The maximum absolute atomic E-state index is 12.9. The lowest BCUT2D eigenvalue weighted by Gasteiger charge is -2.13. The molecular formula is C26H30N4O4S2. The van der Waals surface area contributed by atoms with Gasteiger partial charge in [-0.3, -0.25) is 0 Å². The van der Waals surface area contributed by atoms with E-state index in [1.165, 1.54) is 24.3 Å². The van der Waals surface area contributed by atoms with Crippen molar-refractivity contribution < 1.29 is 16.8 Å². The van der Waals surface area contributed by atoms with E-state index in [9.17, 15) is 16.8 Å². The summed E-state index contributed by atoms with van der Waals surface area (Å²) >= 11 is 0. The maximum atomic E-state index is 12.9. The van der Waals surface area contributed by atoms with E-state index >= 15 is 0 Å². The fraction of sp³-hybridized carbons (Fsp3) is 0.231. The van der Waals surface area contributed by atoms with Gasteiger partial charge in [-0.1, -0.05) is 79.1 Å². The van der Waals surface area contributed by atoms with Crippen molar-refractivity contribution >= 4 is 31.5 Å². The molecular weight excluding hydrogens is 496 g/mol. The van der Waals surface area contributed by atoms with E-state index < -0.39 is 20.0 Å². The molecule has 0 bridgehead atoms. The summed E-state index contributed by atoms with van der Waals surface area (Å²) in [4.78, 5) is 4.72. The van der Waals surface area contributed by atoms with Crippen molar-refractivity contribution in [1.82, 2.24) is 9.66 Å². The average Bonchev–Trinajstić information content (AvgIpc) is 2.86. The topological polar surface area (TPSA) is 117 Å². The zero-order valence-electron chi connectivity index (χ0n) is 20.5. The molecule has 36 heavy (non-hydrogen) atoms. The lowest BCUT2D eigenvalue weighted by molar-refractivity contribution is 0.582. The summed E-state index contributed by atoms with van der Waals surface area (Å²) in [5.41, 5.74) is 2.99. The van der Waals surface area contributed by atoms with Gasteiger partial charge in [0.2, 0.25) is 0 Å². The van der Waals surface area contributed by atoms with Crippen LogP contribution in [0.15, 0.2) is 98.9 Å². The Morgan fingerprint density at radius 3 is 1.64 bits per heavy atom. The van der Waals surface area contributed by atoms with E-state index in [2.05, 4.69) is 19.9 Å². The predicted molar refractivity (Wildman–Crippen MR) is 143 cm³/mol. The molecule has 0 unspecified atom stereocenters. The number of unbranched alkanes of at least 4 members (excludes halogenated alkanes) is 1. The van der Waals surface area contributed by atoms with Crippen LogP contribution in [0, 0.1) is 13.8 Å². The maximum Gasteiger partial charge on any atom is 0.276 e. The number of sulfonamides is 2. The van der Waals surface area contributed by atoms with Crippen molar-refractivity contribution in [1.29, 1.82) is 0 Å². The summed E-state index contributed by atoms with van der Waals surface area (Å²) in [5, 5.41) is 8.42. The van der Waals surface area contributed by atoms with E-state index in [1.54, 1.807) is 48.5 Å². The molecule has 0 aliphatic rings. The molecule has 190 valence electrons. The third kappa shape index (κ3) is 7.25. The van der Waals surface area contributed by atoms with Gasteiger partial charge >= 0.3 is 0 Å². The molecule has 10 heteroatoms. The predicted octanol–water partition coefficient (Wildman–Crippen LogP) is 4.51. The number of rotatable bonds is 11. The monoisotopic (exact) mass is 526 g/mol. The van der Waals surface area contributed by atoms with Crippen molar-refractivity contribution in [3.05, 3.63) is 95.6 Å². The number of hydrogen-bond acceptors (Lipinski definition) is 6. The number of benzene rings is 3. The van der Waals surface area contributed by atoms with Crippen LogP contribution in [0.1, 0.15) is 42.9 Å². The van der Waals surface area contributed by atoms with E-state index in [4.69, 9.17) is 0 Å². The van der Waals surface area contributed by atoms with Gasteiger partial charge in [0.05, 0.1) is 15.5 Å². The third-order valence-electron chi connectivity index (χ3n) is 5.33. The third-order valence-corrected chi connectivity index (χ3v) is 7.78. The lowest BCUT2D eigenvalue weighted by atomic mass is 10.0. The van der Waals surface area contributed by atoms with Gasteiger partial charge in [0.25, 0.3) is 20.0 Å². The van der Waals surface area contributed by atoms with Crippen molar-refractivity contribution in [3.8, 4) is 0 Å². The van der Waals surface area contributed by atoms with E-state index in [1.807, 2.05) is 26.8 Å². The first-order valence-corrected chi connectivity index (χ1v) is 14.5. The van der Waals surface area contributed by atoms with Crippen LogP contribution < -0.4 is 9.66 Å². The smallest absolute Gasteiger partial charge is 0.200 e. The first-order chi connectivity index (χ1) is 17.1. The van der Waals surface area contributed by atoms with Crippen LogP contribution in [0.25, 0.3) is 0 Å². The van der Waals surface area contributed by atoms with E-state index in [-0.39, 0.29) is 15.5 Å². The molecule has 3 aromatic rings. The molecule has 0 saturated carbocycles. The molecule has 0 amide bonds. The second-order valence-electron chi connectivity index (χ2n) is 8.30. The molecule has 2 N–H and O–H groups in total. The van der Waals surface area contributed by atoms with Gasteiger partial charge < -0.3 is 0 Å². The molecule has 8 nitrogen and oxygen atoms in total. The Kier molecular flexibility index (Phi) is 9.00. The molecule has 0 aromatic heterocycles. The van der Waals surface area contributed by atoms with Crippen LogP contribution in [0.3, 0.4) is 0 Å². The summed E-state index contributed by atoms with van der Waals surface area (Å²) < 4.78 is 51.4. The second kappa shape index (κ2) is 12.0. The Hall–Kier alpha value is -3.50. The van der Waals surface area contributed by atoms with Crippen LogP contribution in [0.2, 0.25) is 0 Å². The quantitative estimate of drug-likeness (QED) is 0.282. The van der Waals surface area contributed by atoms with Crippen LogP contribution in [0.4, 0.5) is 0 Å². The zero-order chi connectivity index (χ0) is 26.2. The van der Waals surface area contributed by atoms with E-state index in [0.29, 0.717) is 24.1 Å². The number of nitrogens with one attached hydrogen (secondary N) is 2. The Morgan fingerprint density at radius 2 is 1.17 bits per heavy atom. The van der Waals surface area contributed by atoms with Gasteiger partial charge in [0, 0.05) is 5.56 Å². The minimum absolute atomic E-state index is 0.0661. The van der Waals surface area contributed by atoms with Crippen molar-refractivity contribution in [2.24, 2.45) is 10.2 Å². The Balaban J connectivity index is 2.01. The zero-order valence-corrected chi connectivity index (χ0v) is 22.1. The number of hydrazone groups is 2. The first-order valence-electron chi connectivity index (χ1n) is 11.5. The largest absolute Gasteiger partial charge is 0.276 e. The molecule has 0 heterocycles. The summed E-state index contributed by atoms with van der Waals surface area (Å²) in [6.45, 7) is 5.72. The number of nitrogens with zero attached hydrogens (tertiary/aromatic N) is 2. The summed E-state index contributed by atoms with van der Waals surface area (Å²) in [7, 11) is -7.89. The highest BCUT2D eigenvalue weighted by atomic mass is 32.2. The highest BCUT2D eigenvalue weighted by Gasteiger charge is 2.19. The van der Waals surface area contributed by atoms with Gasteiger partial charge in [0.1, 0.15) is 5.71 Å². The van der Waals surface area contributed by atoms with Crippen molar-refractivity contribution in [3.63, 3.8) is 0 Å². The first kappa shape index (κ1) is 27.1. The van der Waals surface area contributed by atoms with Crippen molar-refractivity contribution in [2.75, 3.05) is 0 Å². The minimum atomic E-state index is -3.96.